The molecule has 0 aromatic heterocycles. The zero-order chi connectivity index (χ0) is 13.2. The van der Waals surface area contributed by atoms with Gasteiger partial charge in [-0.2, -0.15) is 0 Å². The Hall–Kier alpha value is -1.26. The molecule has 0 unspecified atom stereocenters. The first kappa shape index (κ1) is 13.8. The number of hydrogen-bond acceptors (Lipinski definition) is 0. The van der Waals surface area contributed by atoms with Crippen molar-refractivity contribution in [2.75, 3.05) is 0 Å². The second-order valence-electron chi connectivity index (χ2n) is 5.75. The van der Waals surface area contributed by atoms with E-state index < -0.39 is 8.07 Å². The minimum atomic E-state index is -1.32. The SMILES string of the molecule is C=C(C#C[Si](C)(C)C)c1c(C)cc(C)cc1C. The predicted molar refractivity (Wildman–Crippen MR) is 80.8 cm³/mol. The van der Waals surface area contributed by atoms with Crippen molar-refractivity contribution < 1.29 is 0 Å². The molecule has 0 radical (unpaired) electrons. The summed E-state index contributed by atoms with van der Waals surface area (Å²) in [6.45, 7) is 17.3. The van der Waals surface area contributed by atoms with Crippen LogP contribution in [0.4, 0.5) is 0 Å². The molecule has 0 atom stereocenters. The van der Waals surface area contributed by atoms with E-state index in [-0.39, 0.29) is 0 Å². The Morgan fingerprint density at radius 3 is 1.94 bits per heavy atom. The lowest BCUT2D eigenvalue weighted by Gasteiger charge is -2.11. The molecule has 0 bridgehead atoms. The van der Waals surface area contributed by atoms with Crippen LogP contribution in [0.1, 0.15) is 22.3 Å². The fraction of sp³-hybridized carbons (Fsp3) is 0.375. The number of allylic oxidation sites excluding steroid dienone is 1. The van der Waals surface area contributed by atoms with Gasteiger partial charge in [-0.1, -0.05) is 49.8 Å². The summed E-state index contributed by atoms with van der Waals surface area (Å²) in [6.07, 6.45) is 0. The molecule has 0 aliphatic heterocycles. The highest BCUT2D eigenvalue weighted by atomic mass is 28.3. The monoisotopic (exact) mass is 242 g/mol. The third-order valence-corrected chi connectivity index (χ3v) is 3.44. The molecule has 0 amide bonds. The first-order valence-electron chi connectivity index (χ1n) is 6.01. The number of benzene rings is 1. The molecular weight excluding hydrogens is 220 g/mol. The minimum Gasteiger partial charge on any atom is -0.127 e. The van der Waals surface area contributed by atoms with E-state index in [9.17, 15) is 0 Å². The van der Waals surface area contributed by atoms with Crippen LogP contribution in [0.25, 0.3) is 5.57 Å². The van der Waals surface area contributed by atoms with Crippen LogP contribution in [-0.2, 0) is 0 Å². The van der Waals surface area contributed by atoms with Crippen LogP contribution in [0.5, 0.6) is 0 Å². The molecule has 0 heterocycles. The third kappa shape index (κ3) is 3.91. The summed E-state index contributed by atoms with van der Waals surface area (Å²) in [5.74, 6) is 3.26. The lowest BCUT2D eigenvalue weighted by molar-refractivity contribution is 1.29. The van der Waals surface area contributed by atoms with Crippen LogP contribution >= 0.6 is 0 Å². The minimum absolute atomic E-state index is 0.961. The van der Waals surface area contributed by atoms with Gasteiger partial charge in [0.1, 0.15) is 8.07 Å². The fourth-order valence-electron chi connectivity index (χ4n) is 1.98. The van der Waals surface area contributed by atoms with Crippen molar-refractivity contribution in [2.45, 2.75) is 40.4 Å². The first-order valence-corrected chi connectivity index (χ1v) is 9.51. The van der Waals surface area contributed by atoms with Gasteiger partial charge in [0.25, 0.3) is 0 Å². The van der Waals surface area contributed by atoms with Crippen molar-refractivity contribution in [1.82, 2.24) is 0 Å². The molecule has 0 saturated carbocycles. The Morgan fingerprint density at radius 1 is 1.06 bits per heavy atom. The molecule has 0 saturated heterocycles. The summed E-state index contributed by atoms with van der Waals surface area (Å²) in [5.41, 5.74) is 9.41. The van der Waals surface area contributed by atoms with Crippen molar-refractivity contribution in [3.05, 3.63) is 41.0 Å². The summed E-state index contributed by atoms with van der Waals surface area (Å²) >= 11 is 0. The fourth-order valence-corrected chi connectivity index (χ4v) is 2.51. The summed E-state index contributed by atoms with van der Waals surface area (Å²) in [5, 5.41) is 0. The Kier molecular flexibility index (Phi) is 4.01. The Morgan fingerprint density at radius 2 is 1.53 bits per heavy atom. The van der Waals surface area contributed by atoms with E-state index >= 15 is 0 Å². The van der Waals surface area contributed by atoms with Crippen molar-refractivity contribution in [2.24, 2.45) is 0 Å². The average Bonchev–Trinajstić information content (AvgIpc) is 2.11. The molecule has 90 valence electrons. The third-order valence-electron chi connectivity index (χ3n) is 2.57. The molecule has 1 rings (SSSR count). The molecule has 0 nitrogen and oxygen atoms in total. The standard InChI is InChI=1S/C16H22Si/c1-12-10-14(3)16(15(4)11-12)13(2)8-9-17(5,6)7/h10-11H,2H2,1,3-7H3. The van der Waals surface area contributed by atoms with E-state index in [0.29, 0.717) is 0 Å². The van der Waals surface area contributed by atoms with Crippen molar-refractivity contribution in [1.29, 1.82) is 0 Å². The second kappa shape index (κ2) is 4.94. The van der Waals surface area contributed by atoms with E-state index in [0.717, 1.165) is 5.57 Å². The molecule has 17 heavy (non-hydrogen) atoms. The van der Waals surface area contributed by atoms with Gasteiger partial charge in [-0.15, -0.1) is 5.54 Å². The highest BCUT2D eigenvalue weighted by Gasteiger charge is 2.09. The van der Waals surface area contributed by atoms with E-state index in [4.69, 9.17) is 0 Å². The van der Waals surface area contributed by atoms with Gasteiger partial charge in [-0.05, 0) is 37.5 Å². The normalized spacial score (nSPS) is 10.7. The van der Waals surface area contributed by atoms with Crippen LogP contribution in [-0.4, -0.2) is 8.07 Å². The second-order valence-corrected chi connectivity index (χ2v) is 10.5. The first-order chi connectivity index (χ1) is 7.70. The van der Waals surface area contributed by atoms with E-state index in [1.54, 1.807) is 0 Å². The smallest absolute Gasteiger partial charge is 0.127 e. The quantitative estimate of drug-likeness (QED) is 0.502. The lowest BCUT2D eigenvalue weighted by Crippen LogP contribution is -2.16. The Bertz CT molecular complexity index is 482. The average molecular weight is 242 g/mol. The van der Waals surface area contributed by atoms with Gasteiger partial charge in [0, 0.05) is 5.57 Å². The summed E-state index contributed by atoms with van der Waals surface area (Å²) < 4.78 is 0. The Labute approximate surface area is 107 Å². The van der Waals surface area contributed by atoms with Crippen molar-refractivity contribution >= 4 is 13.6 Å². The molecule has 1 aromatic rings. The predicted octanol–water partition coefficient (Wildman–Crippen LogP) is 4.51. The molecule has 0 aliphatic carbocycles. The van der Waals surface area contributed by atoms with Gasteiger partial charge in [0.2, 0.25) is 0 Å². The van der Waals surface area contributed by atoms with Gasteiger partial charge in [-0.3, -0.25) is 0 Å². The van der Waals surface area contributed by atoms with Crippen LogP contribution in [0.2, 0.25) is 19.6 Å². The molecule has 1 heteroatoms. The van der Waals surface area contributed by atoms with Gasteiger partial charge < -0.3 is 0 Å². The lowest BCUT2D eigenvalue weighted by atomic mass is 9.95. The largest absolute Gasteiger partial charge is 0.129 e. The van der Waals surface area contributed by atoms with Crippen LogP contribution in [0.15, 0.2) is 18.7 Å². The number of rotatable bonds is 1. The summed E-state index contributed by atoms with van der Waals surface area (Å²) in [6, 6.07) is 4.40. The van der Waals surface area contributed by atoms with E-state index in [1.165, 1.54) is 22.3 Å². The number of aryl methyl sites for hydroxylation is 3. The molecule has 0 N–H and O–H groups in total. The molecule has 0 fully saturated rings. The van der Waals surface area contributed by atoms with E-state index in [1.807, 2.05) is 0 Å². The van der Waals surface area contributed by atoms with Gasteiger partial charge in [0.15, 0.2) is 0 Å². The zero-order valence-corrected chi connectivity index (χ0v) is 12.9. The number of hydrogen-bond donors (Lipinski definition) is 0. The highest BCUT2D eigenvalue weighted by Crippen LogP contribution is 2.23. The highest BCUT2D eigenvalue weighted by molar-refractivity contribution is 6.84. The van der Waals surface area contributed by atoms with Crippen molar-refractivity contribution in [3.8, 4) is 11.5 Å². The van der Waals surface area contributed by atoms with Crippen molar-refractivity contribution in [3.63, 3.8) is 0 Å². The molecular formula is C16H22Si. The van der Waals surface area contributed by atoms with E-state index in [2.05, 4.69) is 70.6 Å². The van der Waals surface area contributed by atoms with Crippen LogP contribution in [0, 0.1) is 32.2 Å². The molecule has 1 aromatic carbocycles. The molecule has 0 aliphatic rings. The topological polar surface area (TPSA) is 0 Å². The summed E-state index contributed by atoms with van der Waals surface area (Å²) in [7, 11) is -1.32. The van der Waals surface area contributed by atoms with Crippen LogP contribution < -0.4 is 0 Å². The maximum atomic E-state index is 4.13. The van der Waals surface area contributed by atoms with Crippen LogP contribution in [0.3, 0.4) is 0 Å². The molecule has 0 spiro atoms. The maximum absolute atomic E-state index is 4.13. The zero-order valence-electron chi connectivity index (χ0n) is 11.9. The van der Waals surface area contributed by atoms with Gasteiger partial charge in [0.05, 0.1) is 0 Å². The maximum Gasteiger partial charge on any atom is 0.129 e. The summed E-state index contributed by atoms with van der Waals surface area (Å²) in [4.78, 5) is 0. The van der Waals surface area contributed by atoms with Gasteiger partial charge in [-0.25, -0.2) is 0 Å². The van der Waals surface area contributed by atoms with Gasteiger partial charge >= 0.3 is 0 Å². The Balaban J connectivity index is 3.17.